The monoisotopic (exact) mass is 244 g/mol. The number of ether oxygens (including phenoxy) is 1. The van der Waals surface area contributed by atoms with Crippen LogP contribution < -0.4 is 0 Å². The van der Waals surface area contributed by atoms with Crippen LogP contribution in [0, 0.1) is 0 Å². The molecule has 4 nitrogen and oxygen atoms in total. The first-order chi connectivity index (χ1) is 6.24. The molecule has 0 aliphatic carbocycles. The molecule has 0 amide bonds. The Balaban J connectivity index is 2.63. The number of halogens is 1. The van der Waals surface area contributed by atoms with Gasteiger partial charge in [0.2, 0.25) is 0 Å². The minimum Gasteiger partial charge on any atom is -0.377 e. The van der Waals surface area contributed by atoms with Gasteiger partial charge in [0, 0.05) is 13.3 Å². The molecule has 13 heavy (non-hydrogen) atoms. The minimum absolute atomic E-state index is 0.00176. The minimum atomic E-state index is 0.00176. The van der Waals surface area contributed by atoms with Crippen molar-refractivity contribution >= 4 is 21.7 Å². The molecule has 0 radical (unpaired) electrons. The van der Waals surface area contributed by atoms with Crippen molar-refractivity contribution in [2.24, 2.45) is 0 Å². The average Bonchev–Trinajstić information content (AvgIpc) is 2.09. The average molecular weight is 245 g/mol. The number of ketones is 1. The third kappa shape index (κ3) is 3.20. The third-order valence-corrected chi connectivity index (χ3v) is 2.08. The number of methoxy groups -OCH3 is 1. The molecule has 0 spiro atoms. The number of hydrogen-bond donors (Lipinski definition) is 0. The Bertz CT molecular complexity index is 304. The van der Waals surface area contributed by atoms with Crippen molar-refractivity contribution in [2.75, 3.05) is 13.7 Å². The summed E-state index contributed by atoms with van der Waals surface area (Å²) in [6.45, 7) is 0.121. The van der Waals surface area contributed by atoms with E-state index in [-0.39, 0.29) is 18.8 Å². The quantitative estimate of drug-likeness (QED) is 0.793. The van der Waals surface area contributed by atoms with Crippen LogP contribution in [0.2, 0.25) is 0 Å². The van der Waals surface area contributed by atoms with Crippen LogP contribution in [0.3, 0.4) is 0 Å². The van der Waals surface area contributed by atoms with Crippen molar-refractivity contribution in [3.63, 3.8) is 0 Å². The Morgan fingerprint density at radius 3 is 3.08 bits per heavy atom. The van der Waals surface area contributed by atoms with E-state index in [1.54, 1.807) is 6.20 Å². The normalized spacial score (nSPS) is 10.0. The fourth-order valence-electron chi connectivity index (χ4n) is 0.867. The first kappa shape index (κ1) is 10.3. The molecule has 0 fully saturated rings. The lowest BCUT2D eigenvalue weighted by atomic mass is 10.2. The number of nitrogens with zero attached hydrogens (tertiary/aromatic N) is 2. The molecule has 0 unspecified atom stereocenters. The summed E-state index contributed by atoms with van der Waals surface area (Å²) in [5, 5.41) is 0. The zero-order valence-corrected chi connectivity index (χ0v) is 8.74. The summed E-state index contributed by atoms with van der Waals surface area (Å²) in [6, 6.07) is 0. The summed E-state index contributed by atoms with van der Waals surface area (Å²) in [6.07, 6.45) is 3.31. The molecule has 5 heteroatoms. The van der Waals surface area contributed by atoms with Crippen LogP contribution in [0.4, 0.5) is 0 Å². The van der Waals surface area contributed by atoms with Gasteiger partial charge in [0.05, 0.1) is 16.6 Å². The lowest BCUT2D eigenvalue weighted by molar-refractivity contribution is -0.122. The molecular weight excluding hydrogens is 236 g/mol. The molecule has 1 aromatic heterocycles. The molecule has 1 rings (SSSR count). The highest BCUT2D eigenvalue weighted by Crippen LogP contribution is 2.12. The Hall–Kier alpha value is -0.810. The van der Waals surface area contributed by atoms with Crippen LogP contribution in [0.15, 0.2) is 17.0 Å². The van der Waals surface area contributed by atoms with E-state index in [0.717, 1.165) is 4.47 Å². The van der Waals surface area contributed by atoms with Crippen molar-refractivity contribution in [1.29, 1.82) is 0 Å². The van der Waals surface area contributed by atoms with Crippen LogP contribution in [-0.2, 0) is 16.0 Å². The molecule has 0 aliphatic rings. The summed E-state index contributed by atoms with van der Waals surface area (Å²) in [5.41, 5.74) is 0.692. The van der Waals surface area contributed by atoms with Gasteiger partial charge in [0.1, 0.15) is 12.9 Å². The molecule has 0 saturated carbocycles. The van der Waals surface area contributed by atoms with Crippen molar-refractivity contribution in [3.05, 3.63) is 22.7 Å². The standard InChI is InChI=1S/C8H9BrN2O2/c1-13-4-6(12)2-8-7(9)3-10-5-11-8/h3,5H,2,4H2,1H3. The predicted molar refractivity (Wildman–Crippen MR) is 50.3 cm³/mol. The molecule has 70 valence electrons. The fourth-order valence-corrected chi connectivity index (χ4v) is 1.23. The van der Waals surface area contributed by atoms with Crippen molar-refractivity contribution in [2.45, 2.75) is 6.42 Å². The molecule has 0 saturated heterocycles. The SMILES string of the molecule is COCC(=O)Cc1ncncc1Br. The van der Waals surface area contributed by atoms with Crippen LogP contribution in [0.1, 0.15) is 5.69 Å². The zero-order chi connectivity index (χ0) is 9.68. The lowest BCUT2D eigenvalue weighted by Gasteiger charge is -2.00. The van der Waals surface area contributed by atoms with Crippen molar-refractivity contribution < 1.29 is 9.53 Å². The fraction of sp³-hybridized carbons (Fsp3) is 0.375. The highest BCUT2D eigenvalue weighted by molar-refractivity contribution is 9.10. The highest BCUT2D eigenvalue weighted by Gasteiger charge is 2.07. The second-order valence-corrected chi connectivity index (χ2v) is 3.32. The Morgan fingerprint density at radius 2 is 2.46 bits per heavy atom. The molecule has 0 N–H and O–H groups in total. The van der Waals surface area contributed by atoms with E-state index in [9.17, 15) is 4.79 Å². The van der Waals surface area contributed by atoms with Crippen LogP contribution >= 0.6 is 15.9 Å². The van der Waals surface area contributed by atoms with E-state index in [1.807, 2.05) is 0 Å². The number of hydrogen-bond acceptors (Lipinski definition) is 4. The summed E-state index contributed by atoms with van der Waals surface area (Å²) in [5.74, 6) is 0.00176. The summed E-state index contributed by atoms with van der Waals surface area (Å²) in [7, 11) is 1.49. The first-order valence-electron chi connectivity index (χ1n) is 3.69. The molecule has 0 atom stereocenters. The van der Waals surface area contributed by atoms with Gasteiger partial charge in [-0.25, -0.2) is 9.97 Å². The van der Waals surface area contributed by atoms with Crippen LogP contribution in [0.25, 0.3) is 0 Å². The van der Waals surface area contributed by atoms with E-state index in [0.29, 0.717) is 5.69 Å². The maximum atomic E-state index is 11.2. The smallest absolute Gasteiger partial charge is 0.164 e. The van der Waals surface area contributed by atoms with E-state index in [2.05, 4.69) is 25.9 Å². The second kappa shape index (κ2) is 5.04. The topological polar surface area (TPSA) is 52.1 Å². The molecule has 0 aliphatic heterocycles. The predicted octanol–water partition coefficient (Wildman–Crippen LogP) is 0.997. The molecule has 1 aromatic rings. The van der Waals surface area contributed by atoms with Crippen LogP contribution in [0.5, 0.6) is 0 Å². The van der Waals surface area contributed by atoms with Gasteiger partial charge < -0.3 is 4.74 Å². The van der Waals surface area contributed by atoms with Gasteiger partial charge in [-0.05, 0) is 15.9 Å². The summed E-state index contributed by atoms with van der Waals surface area (Å²) < 4.78 is 5.46. The second-order valence-electron chi connectivity index (χ2n) is 2.47. The Labute approximate surface area is 84.5 Å². The summed E-state index contributed by atoms with van der Waals surface area (Å²) >= 11 is 3.26. The number of aromatic nitrogens is 2. The maximum absolute atomic E-state index is 11.2. The van der Waals surface area contributed by atoms with Crippen molar-refractivity contribution in [1.82, 2.24) is 9.97 Å². The number of Topliss-reactive ketones (excluding diaryl/α,β-unsaturated/α-hetero) is 1. The van der Waals surface area contributed by atoms with E-state index >= 15 is 0 Å². The van der Waals surface area contributed by atoms with Gasteiger partial charge in [-0.3, -0.25) is 4.79 Å². The molecule has 0 aromatic carbocycles. The zero-order valence-electron chi connectivity index (χ0n) is 7.16. The van der Waals surface area contributed by atoms with E-state index < -0.39 is 0 Å². The van der Waals surface area contributed by atoms with Gasteiger partial charge in [-0.15, -0.1) is 0 Å². The van der Waals surface area contributed by atoms with Gasteiger partial charge in [0.15, 0.2) is 5.78 Å². The molecule has 1 heterocycles. The number of carbonyl (C=O) groups excluding carboxylic acids is 1. The van der Waals surface area contributed by atoms with Gasteiger partial charge >= 0.3 is 0 Å². The maximum Gasteiger partial charge on any atom is 0.164 e. The van der Waals surface area contributed by atoms with Crippen molar-refractivity contribution in [3.8, 4) is 0 Å². The van der Waals surface area contributed by atoms with Crippen LogP contribution in [-0.4, -0.2) is 29.5 Å². The molecular formula is C8H9BrN2O2. The third-order valence-electron chi connectivity index (χ3n) is 1.41. The van der Waals surface area contributed by atoms with Gasteiger partial charge in [-0.1, -0.05) is 0 Å². The number of carbonyl (C=O) groups is 1. The lowest BCUT2D eigenvalue weighted by Crippen LogP contribution is -2.11. The van der Waals surface area contributed by atoms with Gasteiger partial charge in [-0.2, -0.15) is 0 Å². The first-order valence-corrected chi connectivity index (χ1v) is 4.48. The largest absolute Gasteiger partial charge is 0.377 e. The molecule has 0 bridgehead atoms. The summed E-state index contributed by atoms with van der Waals surface area (Å²) in [4.78, 5) is 18.9. The Kier molecular flexibility index (Phi) is 3.98. The van der Waals surface area contributed by atoms with E-state index in [1.165, 1.54) is 13.4 Å². The highest BCUT2D eigenvalue weighted by atomic mass is 79.9. The van der Waals surface area contributed by atoms with E-state index in [4.69, 9.17) is 4.74 Å². The Morgan fingerprint density at radius 1 is 1.69 bits per heavy atom. The van der Waals surface area contributed by atoms with Gasteiger partial charge in [0.25, 0.3) is 0 Å². The number of rotatable bonds is 4.